The zero-order valence-electron chi connectivity index (χ0n) is 15.2. The van der Waals surface area contributed by atoms with E-state index in [2.05, 4.69) is 20.9 Å². The van der Waals surface area contributed by atoms with Crippen LogP contribution in [0.4, 0.5) is 0 Å². The Morgan fingerprint density at radius 2 is 2.04 bits per heavy atom. The summed E-state index contributed by atoms with van der Waals surface area (Å²) in [6, 6.07) is 11.4. The Morgan fingerprint density at radius 1 is 1.29 bits per heavy atom. The van der Waals surface area contributed by atoms with Crippen molar-refractivity contribution >= 4 is 66.6 Å². The minimum absolute atomic E-state index is 0.0671. The molecule has 0 bridgehead atoms. The number of ether oxygens (including phenoxy) is 2. The zero-order chi connectivity index (χ0) is 20.1. The Balaban J connectivity index is 1.77. The summed E-state index contributed by atoms with van der Waals surface area (Å²) in [4.78, 5) is 16.8. The summed E-state index contributed by atoms with van der Waals surface area (Å²) in [5.74, 6) is 1.97. The van der Waals surface area contributed by atoms with Crippen molar-refractivity contribution in [1.82, 2.24) is 0 Å². The van der Waals surface area contributed by atoms with Gasteiger partial charge in [-0.25, -0.2) is 4.99 Å². The van der Waals surface area contributed by atoms with Gasteiger partial charge in [0.1, 0.15) is 10.1 Å². The molecular formula is C20H17BrClNO3S2. The summed E-state index contributed by atoms with van der Waals surface area (Å²) in [6.45, 7) is 2.44. The number of hydrogen-bond acceptors (Lipinski definition) is 6. The molecule has 0 amide bonds. The van der Waals surface area contributed by atoms with E-state index in [1.54, 1.807) is 13.2 Å². The van der Waals surface area contributed by atoms with Crippen molar-refractivity contribution in [1.29, 1.82) is 0 Å². The average Bonchev–Trinajstić information content (AvgIpc) is 3.02. The second kappa shape index (κ2) is 9.87. The highest BCUT2D eigenvalue weighted by molar-refractivity contribution is 9.10. The quantitative estimate of drug-likeness (QED) is 0.430. The van der Waals surface area contributed by atoms with Crippen LogP contribution in [0.15, 0.2) is 51.6 Å². The Kier molecular flexibility index (Phi) is 7.51. The molecule has 28 heavy (non-hydrogen) atoms. The Morgan fingerprint density at radius 3 is 2.71 bits per heavy atom. The average molecular weight is 499 g/mol. The van der Waals surface area contributed by atoms with E-state index in [0.717, 1.165) is 37.5 Å². The van der Waals surface area contributed by atoms with Gasteiger partial charge in [0, 0.05) is 10.8 Å². The standard InChI is InChI=1S/C20H17BrClNO3S2/c1-3-26-18-15(21)8-13(10-17(18)25-2)9-16-19(24)28-20(23-16)27-11-12-4-6-14(22)7-5-12/h4-10H,3,11H2,1-2H3/b16-9-. The van der Waals surface area contributed by atoms with Gasteiger partial charge in [0.2, 0.25) is 5.12 Å². The molecule has 4 nitrogen and oxygen atoms in total. The summed E-state index contributed by atoms with van der Waals surface area (Å²) >= 11 is 12.1. The summed E-state index contributed by atoms with van der Waals surface area (Å²) in [7, 11) is 1.58. The number of benzene rings is 2. The molecule has 0 aliphatic carbocycles. The topological polar surface area (TPSA) is 47.9 Å². The molecule has 8 heteroatoms. The molecule has 0 N–H and O–H groups in total. The third-order valence-corrected chi connectivity index (χ3v) is 6.64. The lowest BCUT2D eigenvalue weighted by Gasteiger charge is -2.12. The van der Waals surface area contributed by atoms with E-state index < -0.39 is 0 Å². The van der Waals surface area contributed by atoms with E-state index in [1.165, 1.54) is 11.8 Å². The lowest BCUT2D eigenvalue weighted by atomic mass is 10.1. The van der Waals surface area contributed by atoms with Crippen LogP contribution in [0.2, 0.25) is 5.02 Å². The van der Waals surface area contributed by atoms with Gasteiger partial charge in [-0.1, -0.05) is 35.5 Å². The van der Waals surface area contributed by atoms with Crippen molar-refractivity contribution in [2.45, 2.75) is 12.7 Å². The number of aliphatic imine (C=N–C) groups is 1. The van der Waals surface area contributed by atoms with Crippen molar-refractivity contribution in [2.75, 3.05) is 13.7 Å². The van der Waals surface area contributed by atoms with Crippen LogP contribution in [0, 0.1) is 0 Å². The maximum absolute atomic E-state index is 12.3. The van der Waals surface area contributed by atoms with Gasteiger partial charge in [0.05, 0.1) is 18.2 Å². The molecule has 1 heterocycles. The highest BCUT2D eigenvalue weighted by Gasteiger charge is 2.23. The molecule has 0 saturated carbocycles. The first kappa shape index (κ1) is 21.3. The van der Waals surface area contributed by atoms with E-state index in [0.29, 0.717) is 28.8 Å². The zero-order valence-corrected chi connectivity index (χ0v) is 19.2. The number of carbonyl (C=O) groups is 1. The van der Waals surface area contributed by atoms with Crippen molar-refractivity contribution in [3.63, 3.8) is 0 Å². The van der Waals surface area contributed by atoms with E-state index in [1.807, 2.05) is 43.3 Å². The first-order valence-corrected chi connectivity index (χ1v) is 11.4. The van der Waals surface area contributed by atoms with Gasteiger partial charge in [-0.05, 0) is 76.1 Å². The minimum atomic E-state index is -0.0671. The van der Waals surface area contributed by atoms with Crippen molar-refractivity contribution in [3.05, 3.63) is 62.7 Å². The van der Waals surface area contributed by atoms with E-state index >= 15 is 0 Å². The number of methoxy groups -OCH3 is 1. The molecule has 0 spiro atoms. The summed E-state index contributed by atoms with van der Waals surface area (Å²) in [5, 5.41) is 0.640. The largest absolute Gasteiger partial charge is 0.493 e. The third kappa shape index (κ3) is 5.35. The van der Waals surface area contributed by atoms with Gasteiger partial charge in [-0.15, -0.1) is 0 Å². The smallest absolute Gasteiger partial charge is 0.244 e. The molecule has 1 aliphatic heterocycles. The van der Waals surface area contributed by atoms with Crippen LogP contribution in [-0.4, -0.2) is 23.2 Å². The molecule has 1 aliphatic rings. The lowest BCUT2D eigenvalue weighted by molar-refractivity contribution is -0.107. The van der Waals surface area contributed by atoms with E-state index in [9.17, 15) is 4.79 Å². The van der Waals surface area contributed by atoms with Crippen LogP contribution in [0.1, 0.15) is 18.1 Å². The van der Waals surface area contributed by atoms with Crippen LogP contribution in [0.25, 0.3) is 6.08 Å². The van der Waals surface area contributed by atoms with Gasteiger partial charge in [0.15, 0.2) is 11.5 Å². The number of nitrogens with zero attached hydrogens (tertiary/aromatic N) is 1. The number of thioether (sulfide) groups is 2. The van der Waals surface area contributed by atoms with Crippen molar-refractivity contribution in [2.24, 2.45) is 4.99 Å². The van der Waals surface area contributed by atoms with Crippen LogP contribution < -0.4 is 9.47 Å². The number of hydrogen-bond donors (Lipinski definition) is 0. The van der Waals surface area contributed by atoms with E-state index in [4.69, 9.17) is 21.1 Å². The van der Waals surface area contributed by atoms with Crippen LogP contribution in [-0.2, 0) is 10.5 Å². The molecule has 0 saturated heterocycles. The predicted octanol–water partition coefficient (Wildman–Crippen LogP) is 6.41. The molecule has 0 fully saturated rings. The second-order valence-corrected chi connectivity index (χ2v) is 9.15. The fourth-order valence-electron chi connectivity index (χ4n) is 2.44. The van der Waals surface area contributed by atoms with Crippen LogP contribution in [0.5, 0.6) is 11.5 Å². The summed E-state index contributed by atoms with van der Waals surface area (Å²) in [6.07, 6.45) is 1.76. The Bertz CT molecular complexity index is 945. The maximum atomic E-state index is 12.3. The third-order valence-electron chi connectivity index (χ3n) is 3.72. The Hall–Kier alpha value is -1.41. The van der Waals surface area contributed by atoms with Crippen molar-refractivity contribution in [3.8, 4) is 11.5 Å². The molecule has 0 atom stereocenters. The minimum Gasteiger partial charge on any atom is -0.493 e. The molecular weight excluding hydrogens is 482 g/mol. The highest BCUT2D eigenvalue weighted by atomic mass is 79.9. The Labute approximate surface area is 185 Å². The highest BCUT2D eigenvalue weighted by Crippen LogP contribution is 2.38. The SMILES string of the molecule is CCOc1c(Br)cc(/C=C2\N=C(SCc3ccc(Cl)cc3)SC2=O)cc1OC. The lowest BCUT2D eigenvalue weighted by Crippen LogP contribution is -1.97. The molecule has 3 rings (SSSR count). The molecule has 0 aromatic heterocycles. The van der Waals surface area contributed by atoms with Crippen LogP contribution >= 0.6 is 51.1 Å². The molecule has 0 radical (unpaired) electrons. The normalized spacial score (nSPS) is 15.1. The van der Waals surface area contributed by atoms with Crippen LogP contribution in [0.3, 0.4) is 0 Å². The predicted molar refractivity (Wildman–Crippen MR) is 123 cm³/mol. The maximum Gasteiger partial charge on any atom is 0.244 e. The van der Waals surface area contributed by atoms with Gasteiger partial charge < -0.3 is 9.47 Å². The molecule has 0 unspecified atom stereocenters. The summed E-state index contributed by atoms with van der Waals surface area (Å²) in [5.41, 5.74) is 2.35. The first-order chi connectivity index (χ1) is 13.5. The number of rotatable bonds is 6. The van der Waals surface area contributed by atoms with Crippen molar-refractivity contribution < 1.29 is 14.3 Å². The molecule has 146 valence electrons. The fourth-order valence-corrected chi connectivity index (χ4v) is 4.94. The number of halogens is 2. The number of carbonyl (C=O) groups excluding carboxylic acids is 1. The van der Waals surface area contributed by atoms with Gasteiger partial charge in [-0.3, -0.25) is 4.79 Å². The van der Waals surface area contributed by atoms with Gasteiger partial charge >= 0.3 is 0 Å². The molecule has 2 aromatic rings. The van der Waals surface area contributed by atoms with E-state index in [-0.39, 0.29) is 5.12 Å². The summed E-state index contributed by atoms with van der Waals surface area (Å²) < 4.78 is 12.5. The fraction of sp³-hybridized carbons (Fsp3) is 0.200. The second-order valence-electron chi connectivity index (χ2n) is 5.68. The monoisotopic (exact) mass is 497 g/mol. The first-order valence-electron chi connectivity index (χ1n) is 8.40. The van der Waals surface area contributed by atoms with Gasteiger partial charge in [-0.2, -0.15) is 0 Å². The molecule has 2 aromatic carbocycles. The van der Waals surface area contributed by atoms with Gasteiger partial charge in [0.25, 0.3) is 0 Å².